The lowest BCUT2D eigenvalue weighted by Crippen LogP contribution is -2.40. The smallest absolute Gasteiger partial charge is 0.323 e. The third-order valence-corrected chi connectivity index (χ3v) is 1.81. The van der Waals surface area contributed by atoms with Gasteiger partial charge in [-0.05, 0) is 6.92 Å². The fraction of sp³-hybridized carbons (Fsp3) is 0.600. The fourth-order valence-electron chi connectivity index (χ4n) is 1.17. The number of nitrogens with zero attached hydrogens (tertiary/aromatic N) is 1. The number of nitrogens with one attached hydrogen (secondary N) is 1. The average molecular weight is 244 g/mol. The molecule has 0 fully saturated rings. The molecule has 7 heteroatoms. The van der Waals surface area contributed by atoms with Gasteiger partial charge in [0, 0.05) is 19.9 Å². The molecule has 7 nitrogen and oxygen atoms in total. The van der Waals surface area contributed by atoms with Crippen molar-refractivity contribution in [2.75, 3.05) is 19.6 Å². The van der Waals surface area contributed by atoms with E-state index in [0.29, 0.717) is 0 Å². The summed E-state index contributed by atoms with van der Waals surface area (Å²) < 4.78 is 0. The first-order chi connectivity index (χ1) is 7.82. The van der Waals surface area contributed by atoms with Crippen molar-refractivity contribution in [3.63, 3.8) is 0 Å². The van der Waals surface area contributed by atoms with E-state index in [1.54, 1.807) is 0 Å². The van der Waals surface area contributed by atoms with Crippen LogP contribution in [0.5, 0.6) is 0 Å². The Labute approximate surface area is 98.8 Å². The van der Waals surface area contributed by atoms with Crippen molar-refractivity contribution in [3.05, 3.63) is 0 Å². The predicted molar refractivity (Wildman–Crippen MR) is 58.2 cm³/mol. The van der Waals surface area contributed by atoms with Gasteiger partial charge in [0.05, 0.1) is 6.54 Å². The molecule has 0 radical (unpaired) electrons. The predicted octanol–water partition coefficient (Wildman–Crippen LogP) is -0.985. The standard InChI is InChI=1S/C10H16N2O5/c1-7(13)5-12(6-10(16)17)9(15)3-4-11-8(2)14/h3-6H2,1-2H3,(H,11,14)(H,16,17). The van der Waals surface area contributed by atoms with Crippen molar-refractivity contribution in [2.45, 2.75) is 20.3 Å². The molecule has 0 aromatic rings. The number of hydrogen-bond donors (Lipinski definition) is 2. The summed E-state index contributed by atoms with van der Waals surface area (Å²) in [5.41, 5.74) is 0. The monoisotopic (exact) mass is 244 g/mol. The van der Waals surface area contributed by atoms with Crippen molar-refractivity contribution >= 4 is 23.6 Å². The van der Waals surface area contributed by atoms with Crippen molar-refractivity contribution in [3.8, 4) is 0 Å². The van der Waals surface area contributed by atoms with Crippen molar-refractivity contribution in [1.29, 1.82) is 0 Å². The van der Waals surface area contributed by atoms with Crippen LogP contribution in [0.1, 0.15) is 20.3 Å². The molecule has 0 spiro atoms. The van der Waals surface area contributed by atoms with E-state index >= 15 is 0 Å². The lowest BCUT2D eigenvalue weighted by molar-refractivity contribution is -0.145. The molecule has 0 aromatic carbocycles. The van der Waals surface area contributed by atoms with Gasteiger partial charge in [-0.25, -0.2) is 0 Å². The molecule has 17 heavy (non-hydrogen) atoms. The van der Waals surface area contributed by atoms with Crippen molar-refractivity contribution in [1.82, 2.24) is 10.2 Å². The summed E-state index contributed by atoms with van der Waals surface area (Å²) >= 11 is 0. The van der Waals surface area contributed by atoms with E-state index in [-0.39, 0.29) is 31.2 Å². The Bertz CT molecular complexity index is 311. The maximum Gasteiger partial charge on any atom is 0.323 e. The first kappa shape index (κ1) is 15.1. The minimum atomic E-state index is -1.18. The van der Waals surface area contributed by atoms with Gasteiger partial charge in [-0.15, -0.1) is 0 Å². The highest BCUT2D eigenvalue weighted by atomic mass is 16.4. The molecule has 2 amide bonds. The highest BCUT2D eigenvalue weighted by Gasteiger charge is 2.17. The topological polar surface area (TPSA) is 104 Å². The van der Waals surface area contributed by atoms with Gasteiger partial charge >= 0.3 is 5.97 Å². The SMILES string of the molecule is CC(=O)CN(CC(=O)O)C(=O)CCNC(C)=O. The van der Waals surface area contributed by atoms with Crippen LogP contribution in [0.3, 0.4) is 0 Å². The first-order valence-electron chi connectivity index (χ1n) is 5.06. The lowest BCUT2D eigenvalue weighted by atomic mass is 10.3. The Kier molecular flexibility index (Phi) is 6.54. The highest BCUT2D eigenvalue weighted by Crippen LogP contribution is 1.95. The molecule has 0 saturated carbocycles. The number of Topliss-reactive ketones (excluding diaryl/α,β-unsaturated/α-hetero) is 1. The van der Waals surface area contributed by atoms with Crippen LogP contribution in [-0.4, -0.2) is 53.2 Å². The zero-order chi connectivity index (χ0) is 13.4. The van der Waals surface area contributed by atoms with Gasteiger partial charge in [-0.2, -0.15) is 0 Å². The molecular formula is C10H16N2O5. The Balaban J connectivity index is 4.26. The molecule has 0 aliphatic heterocycles. The second-order valence-electron chi connectivity index (χ2n) is 3.58. The second-order valence-corrected chi connectivity index (χ2v) is 3.58. The first-order valence-corrected chi connectivity index (χ1v) is 5.06. The maximum atomic E-state index is 11.6. The number of carboxylic acid groups (broad SMARTS) is 1. The normalized spacial score (nSPS) is 9.53. The summed E-state index contributed by atoms with van der Waals surface area (Å²) in [4.78, 5) is 44.4. The average Bonchev–Trinajstić information content (AvgIpc) is 2.14. The largest absolute Gasteiger partial charge is 0.480 e. The summed E-state index contributed by atoms with van der Waals surface area (Å²) in [7, 11) is 0. The molecular weight excluding hydrogens is 228 g/mol. The quantitative estimate of drug-likeness (QED) is 0.598. The third kappa shape index (κ3) is 7.95. The molecule has 0 saturated heterocycles. The number of rotatable bonds is 7. The third-order valence-electron chi connectivity index (χ3n) is 1.81. The zero-order valence-corrected chi connectivity index (χ0v) is 9.86. The highest BCUT2D eigenvalue weighted by molar-refractivity contribution is 5.87. The van der Waals surface area contributed by atoms with Crippen molar-refractivity contribution < 1.29 is 24.3 Å². The van der Waals surface area contributed by atoms with E-state index in [1.807, 2.05) is 0 Å². The van der Waals surface area contributed by atoms with Gasteiger partial charge in [-0.3, -0.25) is 19.2 Å². The maximum absolute atomic E-state index is 11.6. The molecule has 2 N–H and O–H groups in total. The summed E-state index contributed by atoms with van der Waals surface area (Å²) in [6.45, 7) is 1.97. The van der Waals surface area contributed by atoms with Crippen LogP contribution in [0, 0.1) is 0 Å². The Morgan fingerprint density at radius 1 is 1.12 bits per heavy atom. The van der Waals surface area contributed by atoms with Gasteiger partial charge in [0.2, 0.25) is 11.8 Å². The second kappa shape index (κ2) is 7.37. The minimum absolute atomic E-state index is 0.0276. The van der Waals surface area contributed by atoms with Crippen LogP contribution in [0.2, 0.25) is 0 Å². The van der Waals surface area contributed by atoms with E-state index in [9.17, 15) is 19.2 Å². The van der Waals surface area contributed by atoms with E-state index in [2.05, 4.69) is 5.32 Å². The van der Waals surface area contributed by atoms with Gasteiger partial charge in [0.25, 0.3) is 0 Å². The number of carbonyl (C=O) groups is 4. The molecule has 0 aliphatic rings. The van der Waals surface area contributed by atoms with Gasteiger partial charge < -0.3 is 15.3 Å². The molecule has 0 bridgehead atoms. The van der Waals surface area contributed by atoms with Gasteiger partial charge in [0.15, 0.2) is 0 Å². The number of carbonyl (C=O) groups excluding carboxylic acids is 3. The van der Waals surface area contributed by atoms with Gasteiger partial charge in [0.1, 0.15) is 12.3 Å². The van der Waals surface area contributed by atoms with Crippen LogP contribution in [0.25, 0.3) is 0 Å². The summed E-state index contributed by atoms with van der Waals surface area (Å²) in [5.74, 6) is -2.22. The van der Waals surface area contributed by atoms with Gasteiger partial charge in [-0.1, -0.05) is 0 Å². The number of hydrogen-bond acceptors (Lipinski definition) is 4. The summed E-state index contributed by atoms with van der Waals surface area (Å²) in [6, 6.07) is 0. The fourth-order valence-corrected chi connectivity index (χ4v) is 1.17. The summed E-state index contributed by atoms with van der Waals surface area (Å²) in [5, 5.41) is 11.0. The van der Waals surface area contributed by atoms with E-state index in [1.165, 1.54) is 13.8 Å². The lowest BCUT2D eigenvalue weighted by Gasteiger charge is -2.19. The molecule has 0 heterocycles. The number of amides is 2. The van der Waals surface area contributed by atoms with E-state index in [4.69, 9.17) is 5.11 Å². The number of carboxylic acids is 1. The Morgan fingerprint density at radius 2 is 1.71 bits per heavy atom. The molecule has 0 aliphatic carbocycles. The molecule has 96 valence electrons. The van der Waals surface area contributed by atoms with Crippen LogP contribution < -0.4 is 5.32 Å². The molecule has 0 aromatic heterocycles. The van der Waals surface area contributed by atoms with Crippen LogP contribution >= 0.6 is 0 Å². The Hall–Kier alpha value is -1.92. The molecule has 0 atom stereocenters. The van der Waals surface area contributed by atoms with Crippen molar-refractivity contribution in [2.24, 2.45) is 0 Å². The number of ketones is 1. The van der Waals surface area contributed by atoms with E-state index in [0.717, 1.165) is 4.90 Å². The zero-order valence-electron chi connectivity index (χ0n) is 9.86. The minimum Gasteiger partial charge on any atom is -0.480 e. The van der Waals surface area contributed by atoms with Crippen LogP contribution in [0.15, 0.2) is 0 Å². The molecule has 0 rings (SSSR count). The Morgan fingerprint density at radius 3 is 2.12 bits per heavy atom. The molecule has 0 unspecified atom stereocenters. The van der Waals surface area contributed by atoms with Crippen LogP contribution in [0.4, 0.5) is 0 Å². The van der Waals surface area contributed by atoms with E-state index < -0.39 is 18.4 Å². The summed E-state index contributed by atoms with van der Waals surface area (Å²) in [6.07, 6.45) is -0.0276. The number of aliphatic carboxylic acids is 1. The van der Waals surface area contributed by atoms with Crippen LogP contribution in [-0.2, 0) is 19.2 Å².